The number of carbonyl (C=O) groups excluding carboxylic acids is 1. The van der Waals surface area contributed by atoms with E-state index in [1.165, 1.54) is 36.7 Å². The quantitative estimate of drug-likeness (QED) is 0.812. The van der Waals surface area contributed by atoms with Gasteiger partial charge in [-0.05, 0) is 31.0 Å². The molecule has 0 aliphatic carbocycles. The molecule has 8 heteroatoms. The maximum Gasteiger partial charge on any atom is 0.341 e. The van der Waals surface area contributed by atoms with E-state index in [1.54, 1.807) is 0 Å². The minimum atomic E-state index is -3.69. The van der Waals surface area contributed by atoms with Gasteiger partial charge in [-0.25, -0.2) is 13.2 Å². The number of carbonyl (C=O) groups is 1. The number of methoxy groups -OCH3 is 2. The molecule has 1 aromatic rings. The van der Waals surface area contributed by atoms with Gasteiger partial charge < -0.3 is 15.2 Å². The van der Waals surface area contributed by atoms with E-state index in [9.17, 15) is 13.2 Å². The van der Waals surface area contributed by atoms with Crippen LogP contribution in [0.3, 0.4) is 0 Å². The molecule has 1 fully saturated rings. The van der Waals surface area contributed by atoms with Gasteiger partial charge in [-0.3, -0.25) is 0 Å². The van der Waals surface area contributed by atoms with Crippen LogP contribution in [0.2, 0.25) is 0 Å². The van der Waals surface area contributed by atoms with Crippen molar-refractivity contribution in [2.24, 2.45) is 5.73 Å². The molecule has 0 amide bonds. The summed E-state index contributed by atoms with van der Waals surface area (Å²) in [7, 11) is -1.06. The first-order chi connectivity index (χ1) is 10.4. The third-order valence-corrected chi connectivity index (χ3v) is 5.50. The van der Waals surface area contributed by atoms with E-state index in [2.05, 4.69) is 4.74 Å². The smallest absolute Gasteiger partial charge is 0.341 e. The third kappa shape index (κ3) is 3.23. The molecule has 1 atom stereocenters. The largest absolute Gasteiger partial charge is 0.496 e. The first-order valence-corrected chi connectivity index (χ1v) is 8.36. The molecule has 0 aromatic heterocycles. The Morgan fingerprint density at radius 3 is 2.68 bits per heavy atom. The molecule has 1 heterocycles. The number of benzene rings is 1. The lowest BCUT2D eigenvalue weighted by atomic mass is 10.1. The average molecular weight is 328 g/mol. The van der Waals surface area contributed by atoms with Gasteiger partial charge in [-0.2, -0.15) is 4.31 Å². The fraction of sp³-hybridized carbons (Fsp3) is 0.500. The molecular formula is C14H20N2O5S. The number of sulfonamides is 1. The minimum Gasteiger partial charge on any atom is -0.496 e. The molecule has 7 nitrogen and oxygen atoms in total. The normalized spacial score (nSPS) is 19.7. The van der Waals surface area contributed by atoms with Crippen LogP contribution in [-0.2, 0) is 14.8 Å². The van der Waals surface area contributed by atoms with E-state index >= 15 is 0 Å². The molecular weight excluding hydrogens is 308 g/mol. The molecule has 0 spiro atoms. The van der Waals surface area contributed by atoms with Crippen LogP contribution in [0.5, 0.6) is 5.75 Å². The number of ether oxygens (including phenoxy) is 2. The lowest BCUT2D eigenvalue weighted by molar-refractivity contribution is 0.0597. The van der Waals surface area contributed by atoms with Gasteiger partial charge in [0.05, 0.1) is 19.1 Å². The van der Waals surface area contributed by atoms with E-state index in [-0.39, 0.29) is 28.8 Å². The van der Waals surface area contributed by atoms with E-state index < -0.39 is 16.0 Å². The van der Waals surface area contributed by atoms with Crippen LogP contribution in [0.25, 0.3) is 0 Å². The number of piperidine rings is 1. The second kappa shape index (κ2) is 6.64. The Kier molecular flexibility index (Phi) is 5.05. The Morgan fingerprint density at radius 1 is 1.36 bits per heavy atom. The number of hydrogen-bond acceptors (Lipinski definition) is 6. The maximum absolute atomic E-state index is 12.7. The SMILES string of the molecule is COC(=O)c1cc(S(=O)(=O)N2CCCC(N)C2)ccc1OC. The van der Waals surface area contributed by atoms with Crippen molar-refractivity contribution in [3.8, 4) is 5.75 Å². The summed E-state index contributed by atoms with van der Waals surface area (Å²) in [5.74, 6) is -0.384. The monoisotopic (exact) mass is 328 g/mol. The van der Waals surface area contributed by atoms with Crippen molar-refractivity contribution in [2.75, 3.05) is 27.3 Å². The van der Waals surface area contributed by atoms with Gasteiger partial charge in [0.15, 0.2) is 0 Å². The zero-order valence-corrected chi connectivity index (χ0v) is 13.4. The van der Waals surface area contributed by atoms with Crippen molar-refractivity contribution in [3.63, 3.8) is 0 Å². The van der Waals surface area contributed by atoms with Gasteiger partial charge in [0.1, 0.15) is 11.3 Å². The number of rotatable bonds is 4. The summed E-state index contributed by atoms with van der Waals surface area (Å²) < 4.78 is 36.4. The van der Waals surface area contributed by atoms with Gasteiger partial charge in [-0.15, -0.1) is 0 Å². The first-order valence-electron chi connectivity index (χ1n) is 6.92. The van der Waals surface area contributed by atoms with Crippen molar-refractivity contribution in [3.05, 3.63) is 23.8 Å². The Bertz CT molecular complexity index is 659. The lowest BCUT2D eigenvalue weighted by Crippen LogP contribution is -2.45. The summed E-state index contributed by atoms with van der Waals surface area (Å²) in [6.07, 6.45) is 1.53. The predicted octanol–water partition coefficient (Wildman–Crippen LogP) is 0.594. The number of esters is 1. The van der Waals surface area contributed by atoms with Crippen molar-refractivity contribution in [1.29, 1.82) is 0 Å². The molecule has 0 bridgehead atoms. The Balaban J connectivity index is 2.41. The van der Waals surface area contributed by atoms with E-state index in [0.29, 0.717) is 6.54 Å². The summed E-state index contributed by atoms with van der Waals surface area (Å²) in [4.78, 5) is 11.8. The molecule has 22 heavy (non-hydrogen) atoms. The van der Waals surface area contributed by atoms with Crippen molar-refractivity contribution >= 4 is 16.0 Å². The molecule has 2 N–H and O–H groups in total. The highest BCUT2D eigenvalue weighted by Crippen LogP contribution is 2.26. The molecule has 1 aliphatic heterocycles. The average Bonchev–Trinajstić information content (AvgIpc) is 2.53. The van der Waals surface area contributed by atoms with Gasteiger partial charge in [0.25, 0.3) is 0 Å². The Morgan fingerprint density at radius 2 is 2.09 bits per heavy atom. The molecule has 1 aromatic carbocycles. The fourth-order valence-electron chi connectivity index (χ4n) is 2.46. The van der Waals surface area contributed by atoms with Crippen LogP contribution >= 0.6 is 0 Å². The molecule has 0 radical (unpaired) electrons. The third-order valence-electron chi connectivity index (χ3n) is 3.63. The maximum atomic E-state index is 12.7. The zero-order valence-electron chi connectivity index (χ0n) is 12.6. The molecule has 1 aliphatic rings. The standard InChI is InChI=1S/C14H20N2O5S/c1-20-13-6-5-11(8-12(13)14(17)21-2)22(18,19)16-7-3-4-10(15)9-16/h5-6,8,10H,3-4,7,9,15H2,1-2H3. The molecule has 1 unspecified atom stereocenters. The summed E-state index contributed by atoms with van der Waals surface area (Å²) in [5, 5.41) is 0. The van der Waals surface area contributed by atoms with Gasteiger partial charge in [0.2, 0.25) is 10.0 Å². The molecule has 2 rings (SSSR count). The van der Waals surface area contributed by atoms with Crippen LogP contribution in [0.1, 0.15) is 23.2 Å². The van der Waals surface area contributed by atoms with Gasteiger partial charge >= 0.3 is 5.97 Å². The highest BCUT2D eigenvalue weighted by atomic mass is 32.2. The lowest BCUT2D eigenvalue weighted by Gasteiger charge is -2.30. The van der Waals surface area contributed by atoms with Crippen LogP contribution in [0.15, 0.2) is 23.1 Å². The second-order valence-corrected chi connectivity index (χ2v) is 7.06. The minimum absolute atomic E-state index is 0.0304. The topological polar surface area (TPSA) is 98.9 Å². The second-order valence-electron chi connectivity index (χ2n) is 5.12. The predicted molar refractivity (Wildman–Crippen MR) is 80.3 cm³/mol. The van der Waals surface area contributed by atoms with Crippen molar-refractivity contribution < 1.29 is 22.7 Å². The zero-order chi connectivity index (χ0) is 16.3. The molecule has 122 valence electrons. The van der Waals surface area contributed by atoms with Crippen LogP contribution in [0, 0.1) is 0 Å². The summed E-state index contributed by atoms with van der Waals surface area (Å²) in [5.41, 5.74) is 5.92. The van der Waals surface area contributed by atoms with Crippen molar-refractivity contribution in [1.82, 2.24) is 4.31 Å². The summed E-state index contributed by atoms with van der Waals surface area (Å²) in [6, 6.07) is 3.98. The van der Waals surface area contributed by atoms with E-state index in [1.807, 2.05) is 0 Å². The van der Waals surface area contributed by atoms with Gasteiger partial charge in [-0.1, -0.05) is 0 Å². The number of hydrogen-bond donors (Lipinski definition) is 1. The fourth-order valence-corrected chi connectivity index (χ4v) is 4.02. The van der Waals surface area contributed by atoms with Gasteiger partial charge in [0, 0.05) is 19.1 Å². The highest BCUT2D eigenvalue weighted by Gasteiger charge is 2.30. The summed E-state index contributed by atoms with van der Waals surface area (Å²) in [6.45, 7) is 0.706. The Hall–Kier alpha value is -1.64. The number of nitrogens with zero attached hydrogens (tertiary/aromatic N) is 1. The Labute approximate surface area is 130 Å². The molecule has 0 saturated carbocycles. The van der Waals surface area contributed by atoms with Crippen LogP contribution in [-0.4, -0.2) is 52.0 Å². The summed E-state index contributed by atoms with van der Waals surface area (Å²) >= 11 is 0. The van der Waals surface area contributed by atoms with Crippen molar-refractivity contribution in [2.45, 2.75) is 23.8 Å². The first kappa shape index (κ1) is 16.7. The molecule has 1 saturated heterocycles. The van der Waals surface area contributed by atoms with Crippen LogP contribution < -0.4 is 10.5 Å². The number of nitrogens with two attached hydrogens (primary N) is 1. The van der Waals surface area contributed by atoms with E-state index in [0.717, 1.165) is 12.8 Å². The van der Waals surface area contributed by atoms with E-state index in [4.69, 9.17) is 10.5 Å². The highest BCUT2D eigenvalue weighted by molar-refractivity contribution is 7.89. The van der Waals surface area contributed by atoms with Crippen LogP contribution in [0.4, 0.5) is 0 Å².